The summed E-state index contributed by atoms with van der Waals surface area (Å²) >= 11 is 0. The van der Waals surface area contributed by atoms with E-state index in [-0.39, 0.29) is 0 Å². The van der Waals surface area contributed by atoms with Crippen LogP contribution in [-0.4, -0.2) is 29.1 Å². The summed E-state index contributed by atoms with van der Waals surface area (Å²) in [6.07, 6.45) is 51.4. The third kappa shape index (κ3) is 23.8. The van der Waals surface area contributed by atoms with E-state index in [1.807, 2.05) is 0 Å². The van der Waals surface area contributed by atoms with Crippen LogP contribution in [0.2, 0.25) is 0 Å². The molecule has 0 unspecified atom stereocenters. The van der Waals surface area contributed by atoms with Gasteiger partial charge in [0.2, 0.25) is 0 Å². The predicted octanol–water partition coefficient (Wildman–Crippen LogP) is 13.9. The van der Waals surface area contributed by atoms with Crippen molar-refractivity contribution in [1.29, 1.82) is 0 Å². The van der Waals surface area contributed by atoms with Gasteiger partial charge in [-0.15, -0.1) is 0 Å². The second kappa shape index (κ2) is 31.8. The molecule has 0 radical (unpaired) electrons. The normalized spacial score (nSPS) is 13.7. The van der Waals surface area contributed by atoms with Gasteiger partial charge < -0.3 is 9.80 Å². The van der Waals surface area contributed by atoms with Crippen LogP contribution in [0.25, 0.3) is 0 Å². The molecule has 0 amide bonds. The lowest BCUT2D eigenvalue weighted by molar-refractivity contribution is 0.135. The Morgan fingerprint density at radius 3 is 0.833 bits per heavy atom. The molecule has 0 fully saturated rings. The van der Waals surface area contributed by atoms with Gasteiger partial charge in [0.15, 0.2) is 0 Å². The second-order valence-corrected chi connectivity index (χ2v) is 13.9. The molecular formula is C40H80N2. The lowest BCUT2D eigenvalue weighted by Crippen LogP contribution is -2.39. The first kappa shape index (κ1) is 39.4. The average Bonchev–Trinajstić information content (AvgIpc) is 3.38. The molecule has 2 nitrogen and oxygen atoms in total. The zero-order valence-corrected chi connectivity index (χ0v) is 29.7. The molecule has 0 aromatic heterocycles. The molecule has 1 rings (SSSR count). The van der Waals surface area contributed by atoms with E-state index in [9.17, 15) is 0 Å². The Kier molecular flexibility index (Phi) is 29.8. The van der Waals surface area contributed by atoms with Crippen molar-refractivity contribution in [3.63, 3.8) is 0 Å². The lowest BCUT2D eigenvalue weighted by Gasteiger charge is -2.33. The summed E-state index contributed by atoms with van der Waals surface area (Å²) in [7, 11) is 0. The summed E-state index contributed by atoms with van der Waals surface area (Å²) < 4.78 is 0. The van der Waals surface area contributed by atoms with Crippen molar-refractivity contribution in [2.75, 3.05) is 13.1 Å². The van der Waals surface area contributed by atoms with Gasteiger partial charge in [0.05, 0.1) is 0 Å². The zero-order valence-electron chi connectivity index (χ0n) is 29.7. The van der Waals surface area contributed by atoms with Crippen molar-refractivity contribution in [2.24, 2.45) is 0 Å². The summed E-state index contributed by atoms with van der Waals surface area (Å²) in [5.74, 6) is 0. The summed E-state index contributed by atoms with van der Waals surface area (Å²) in [5.41, 5.74) is 0. The minimum Gasteiger partial charge on any atom is -0.356 e. The van der Waals surface area contributed by atoms with Crippen LogP contribution < -0.4 is 0 Å². The standard InChI is InChI=1S/C40H80N2/c1-4-7-10-13-16-17-18-19-20-21-22-23-24-25-26-29-32-35-40-41(36-33-30-27-14-11-8-5-2)38-39-42(40)37-34-31-28-15-12-9-6-3/h38-40H,4-37H2,1-3H3. The maximum Gasteiger partial charge on any atom is 0.101 e. The molecule has 250 valence electrons. The van der Waals surface area contributed by atoms with Crippen LogP contribution in [0.5, 0.6) is 0 Å². The Labute approximate surface area is 267 Å². The minimum atomic E-state index is 0.640. The molecule has 0 bridgehead atoms. The Bertz CT molecular complexity index is 516. The molecule has 0 saturated heterocycles. The molecule has 1 aliphatic heterocycles. The van der Waals surface area contributed by atoms with Crippen LogP contribution in [-0.2, 0) is 0 Å². The summed E-state index contributed by atoms with van der Waals surface area (Å²) in [6, 6.07) is 0. The highest BCUT2D eigenvalue weighted by atomic mass is 15.4. The molecule has 1 heterocycles. The number of nitrogens with zero attached hydrogens (tertiary/aromatic N) is 2. The van der Waals surface area contributed by atoms with E-state index in [4.69, 9.17) is 0 Å². The zero-order chi connectivity index (χ0) is 30.2. The van der Waals surface area contributed by atoms with Crippen molar-refractivity contribution in [1.82, 2.24) is 9.80 Å². The molecule has 0 saturated carbocycles. The van der Waals surface area contributed by atoms with Crippen LogP contribution >= 0.6 is 0 Å². The van der Waals surface area contributed by atoms with Crippen molar-refractivity contribution in [3.8, 4) is 0 Å². The van der Waals surface area contributed by atoms with Gasteiger partial charge in [0.1, 0.15) is 6.17 Å². The maximum atomic E-state index is 2.71. The molecule has 0 aliphatic carbocycles. The summed E-state index contributed by atoms with van der Waals surface area (Å²) in [4.78, 5) is 5.42. The van der Waals surface area contributed by atoms with Crippen molar-refractivity contribution in [3.05, 3.63) is 12.4 Å². The van der Waals surface area contributed by atoms with Gasteiger partial charge in [0, 0.05) is 25.5 Å². The maximum absolute atomic E-state index is 2.71. The predicted molar refractivity (Wildman–Crippen MR) is 191 cm³/mol. The van der Waals surface area contributed by atoms with Crippen molar-refractivity contribution >= 4 is 0 Å². The monoisotopic (exact) mass is 589 g/mol. The van der Waals surface area contributed by atoms with E-state index >= 15 is 0 Å². The first-order chi connectivity index (χ1) is 20.8. The number of hydrogen-bond acceptors (Lipinski definition) is 2. The molecule has 42 heavy (non-hydrogen) atoms. The van der Waals surface area contributed by atoms with Gasteiger partial charge in [-0.1, -0.05) is 201 Å². The minimum absolute atomic E-state index is 0.640. The van der Waals surface area contributed by atoms with E-state index in [1.165, 1.54) is 219 Å². The van der Waals surface area contributed by atoms with E-state index in [0.29, 0.717) is 6.17 Å². The molecule has 0 spiro atoms. The van der Waals surface area contributed by atoms with Gasteiger partial charge in [-0.3, -0.25) is 0 Å². The SMILES string of the molecule is CCCCCCCCCCCCCCCCCCCC1N(CCCCCCCCC)C=CN1CCCCCCCCC. The van der Waals surface area contributed by atoms with Crippen LogP contribution in [0.1, 0.15) is 226 Å². The molecule has 0 aromatic carbocycles. The van der Waals surface area contributed by atoms with Gasteiger partial charge in [0.25, 0.3) is 0 Å². The fourth-order valence-electron chi connectivity index (χ4n) is 6.89. The topological polar surface area (TPSA) is 6.48 Å². The largest absolute Gasteiger partial charge is 0.356 e. The Morgan fingerprint density at radius 2 is 0.548 bits per heavy atom. The van der Waals surface area contributed by atoms with Gasteiger partial charge in [-0.05, 0) is 25.7 Å². The quantitative estimate of drug-likeness (QED) is 0.0690. The van der Waals surface area contributed by atoms with Gasteiger partial charge >= 0.3 is 0 Å². The molecule has 0 N–H and O–H groups in total. The van der Waals surface area contributed by atoms with Crippen LogP contribution in [0.4, 0.5) is 0 Å². The molecule has 1 aliphatic rings. The van der Waals surface area contributed by atoms with Crippen LogP contribution in [0, 0.1) is 0 Å². The number of hydrogen-bond donors (Lipinski definition) is 0. The summed E-state index contributed by atoms with van der Waals surface area (Å²) in [5, 5.41) is 0. The van der Waals surface area contributed by atoms with Crippen LogP contribution in [0.3, 0.4) is 0 Å². The first-order valence-corrected chi connectivity index (χ1v) is 20.0. The summed E-state index contributed by atoms with van der Waals surface area (Å²) in [6.45, 7) is 9.48. The van der Waals surface area contributed by atoms with E-state index in [1.54, 1.807) is 0 Å². The molecule has 0 aromatic rings. The first-order valence-electron chi connectivity index (χ1n) is 20.0. The lowest BCUT2D eigenvalue weighted by atomic mass is 10.0. The van der Waals surface area contributed by atoms with Crippen LogP contribution in [0.15, 0.2) is 12.4 Å². The molecule has 2 heteroatoms. The van der Waals surface area contributed by atoms with Crippen molar-refractivity contribution < 1.29 is 0 Å². The fraction of sp³-hybridized carbons (Fsp3) is 0.950. The smallest absolute Gasteiger partial charge is 0.101 e. The molecular weight excluding hydrogens is 508 g/mol. The third-order valence-electron chi connectivity index (χ3n) is 9.82. The van der Waals surface area contributed by atoms with Crippen molar-refractivity contribution in [2.45, 2.75) is 232 Å². The highest BCUT2D eigenvalue weighted by molar-refractivity contribution is 4.97. The van der Waals surface area contributed by atoms with E-state index in [2.05, 4.69) is 43.0 Å². The van der Waals surface area contributed by atoms with E-state index < -0.39 is 0 Å². The van der Waals surface area contributed by atoms with Gasteiger partial charge in [-0.25, -0.2) is 0 Å². The number of unbranched alkanes of at least 4 members (excludes halogenated alkanes) is 28. The number of rotatable bonds is 34. The second-order valence-electron chi connectivity index (χ2n) is 13.9. The third-order valence-corrected chi connectivity index (χ3v) is 9.82. The fourth-order valence-corrected chi connectivity index (χ4v) is 6.89. The highest BCUT2D eigenvalue weighted by Gasteiger charge is 2.24. The average molecular weight is 589 g/mol. The molecule has 0 atom stereocenters. The van der Waals surface area contributed by atoms with E-state index in [0.717, 1.165) is 0 Å². The Balaban J connectivity index is 2.13. The Morgan fingerprint density at radius 1 is 0.310 bits per heavy atom. The van der Waals surface area contributed by atoms with Gasteiger partial charge in [-0.2, -0.15) is 0 Å². The highest BCUT2D eigenvalue weighted by Crippen LogP contribution is 2.24. The Hall–Kier alpha value is -0.660.